The predicted molar refractivity (Wildman–Crippen MR) is 87.2 cm³/mol. The number of nitrogens with zero attached hydrogens (tertiary/aromatic N) is 1. The van der Waals surface area contributed by atoms with Crippen molar-refractivity contribution < 1.29 is 4.74 Å². The third-order valence-electron chi connectivity index (χ3n) is 4.20. The Hall–Kier alpha value is -0.770. The van der Waals surface area contributed by atoms with Crippen molar-refractivity contribution in [1.82, 2.24) is 10.2 Å². The summed E-state index contributed by atoms with van der Waals surface area (Å²) in [6.45, 7) is 12.7. The first-order chi connectivity index (χ1) is 9.09. The first-order valence-corrected chi connectivity index (χ1v) is 7.26. The van der Waals surface area contributed by atoms with E-state index in [1.807, 2.05) is 0 Å². The highest BCUT2D eigenvalue weighted by atomic mass is 35.5. The number of rotatable bonds is 4. The molecule has 2 rings (SSSR count). The number of halogens is 1. The van der Waals surface area contributed by atoms with Crippen LogP contribution < -0.4 is 10.1 Å². The molecule has 2 unspecified atom stereocenters. The van der Waals surface area contributed by atoms with Crippen molar-refractivity contribution in [3.05, 3.63) is 29.3 Å². The molecule has 1 aromatic carbocycles. The van der Waals surface area contributed by atoms with Gasteiger partial charge in [-0.1, -0.05) is 18.2 Å². The van der Waals surface area contributed by atoms with E-state index in [4.69, 9.17) is 4.74 Å². The van der Waals surface area contributed by atoms with Gasteiger partial charge in [-0.05, 0) is 38.8 Å². The van der Waals surface area contributed by atoms with Crippen molar-refractivity contribution in [2.24, 2.45) is 0 Å². The lowest BCUT2D eigenvalue weighted by Crippen LogP contribution is -2.56. The molecule has 0 bridgehead atoms. The SMILES string of the molecule is Cc1cccc(C)c1OCCN1CCNC(C)C1C.Cl. The van der Waals surface area contributed by atoms with Crippen molar-refractivity contribution in [3.8, 4) is 5.75 Å². The monoisotopic (exact) mass is 298 g/mol. The second-order valence-corrected chi connectivity index (χ2v) is 5.59. The first kappa shape index (κ1) is 17.3. The molecule has 1 aliphatic rings. The summed E-state index contributed by atoms with van der Waals surface area (Å²) in [5, 5.41) is 3.51. The summed E-state index contributed by atoms with van der Waals surface area (Å²) in [5.41, 5.74) is 2.45. The maximum atomic E-state index is 5.99. The number of nitrogens with one attached hydrogen (secondary N) is 1. The summed E-state index contributed by atoms with van der Waals surface area (Å²) in [6, 6.07) is 7.44. The molecular formula is C16H27ClN2O. The Bertz CT molecular complexity index is 405. The van der Waals surface area contributed by atoms with E-state index < -0.39 is 0 Å². The fourth-order valence-electron chi connectivity index (χ4n) is 2.73. The van der Waals surface area contributed by atoms with Crippen molar-refractivity contribution in [2.75, 3.05) is 26.2 Å². The van der Waals surface area contributed by atoms with Crippen LogP contribution in [0.2, 0.25) is 0 Å². The quantitative estimate of drug-likeness (QED) is 0.925. The summed E-state index contributed by atoms with van der Waals surface area (Å²) in [4.78, 5) is 2.51. The fraction of sp³-hybridized carbons (Fsp3) is 0.625. The van der Waals surface area contributed by atoms with Crippen LogP contribution in [0.3, 0.4) is 0 Å². The Morgan fingerprint density at radius 1 is 1.25 bits per heavy atom. The highest BCUT2D eigenvalue weighted by Gasteiger charge is 2.23. The van der Waals surface area contributed by atoms with Gasteiger partial charge in [0.15, 0.2) is 0 Å². The molecule has 1 N–H and O–H groups in total. The standard InChI is InChI=1S/C16H26N2O.ClH/c1-12-6-5-7-13(2)16(12)19-11-10-18-9-8-17-14(3)15(18)4;/h5-7,14-15,17H,8-11H2,1-4H3;1H. The third-order valence-corrected chi connectivity index (χ3v) is 4.20. The first-order valence-electron chi connectivity index (χ1n) is 7.26. The average molecular weight is 299 g/mol. The number of hydrogen-bond donors (Lipinski definition) is 1. The molecule has 0 aromatic heterocycles. The Labute approximate surface area is 129 Å². The van der Waals surface area contributed by atoms with E-state index in [2.05, 4.69) is 56.1 Å². The predicted octanol–water partition coefficient (Wildman–Crippen LogP) is 2.79. The van der Waals surface area contributed by atoms with Gasteiger partial charge in [0, 0.05) is 31.7 Å². The van der Waals surface area contributed by atoms with Gasteiger partial charge in [-0.15, -0.1) is 12.4 Å². The number of ether oxygens (including phenoxy) is 1. The number of benzene rings is 1. The number of hydrogen-bond acceptors (Lipinski definition) is 3. The van der Waals surface area contributed by atoms with Crippen LogP contribution in [0, 0.1) is 13.8 Å². The molecule has 1 aliphatic heterocycles. The van der Waals surface area contributed by atoms with Crippen molar-refractivity contribution in [3.63, 3.8) is 0 Å². The summed E-state index contributed by atoms with van der Waals surface area (Å²) in [6.07, 6.45) is 0. The lowest BCUT2D eigenvalue weighted by molar-refractivity contribution is 0.116. The van der Waals surface area contributed by atoms with Crippen molar-refractivity contribution >= 4 is 12.4 Å². The van der Waals surface area contributed by atoms with Crippen LogP contribution in [0.1, 0.15) is 25.0 Å². The molecule has 0 radical (unpaired) electrons. The largest absolute Gasteiger partial charge is 0.492 e. The smallest absolute Gasteiger partial charge is 0.125 e. The van der Waals surface area contributed by atoms with Crippen molar-refractivity contribution in [1.29, 1.82) is 0 Å². The van der Waals surface area contributed by atoms with E-state index in [0.29, 0.717) is 12.1 Å². The van der Waals surface area contributed by atoms with E-state index in [-0.39, 0.29) is 12.4 Å². The molecule has 2 atom stereocenters. The Kier molecular flexibility index (Phi) is 6.80. The van der Waals surface area contributed by atoms with Gasteiger partial charge in [0.2, 0.25) is 0 Å². The second kappa shape index (κ2) is 7.87. The molecule has 0 amide bonds. The molecule has 1 aromatic rings. The summed E-state index contributed by atoms with van der Waals surface area (Å²) in [7, 11) is 0. The third kappa shape index (κ3) is 4.11. The molecule has 0 aliphatic carbocycles. The molecule has 3 nitrogen and oxygen atoms in total. The zero-order valence-corrected chi connectivity index (χ0v) is 13.8. The van der Waals surface area contributed by atoms with Gasteiger partial charge >= 0.3 is 0 Å². The van der Waals surface area contributed by atoms with Gasteiger partial charge in [-0.25, -0.2) is 0 Å². The molecule has 4 heteroatoms. The zero-order valence-electron chi connectivity index (χ0n) is 13.0. The normalized spacial score (nSPS) is 23.2. The Morgan fingerprint density at radius 2 is 1.90 bits per heavy atom. The van der Waals surface area contributed by atoms with Crippen LogP contribution in [0.4, 0.5) is 0 Å². The van der Waals surface area contributed by atoms with E-state index in [1.54, 1.807) is 0 Å². The van der Waals surface area contributed by atoms with Crippen LogP contribution in [0.15, 0.2) is 18.2 Å². The van der Waals surface area contributed by atoms with Crippen LogP contribution in [0.5, 0.6) is 5.75 Å². The highest BCUT2D eigenvalue weighted by Crippen LogP contribution is 2.22. The molecule has 114 valence electrons. The van der Waals surface area contributed by atoms with E-state index in [1.165, 1.54) is 11.1 Å². The van der Waals surface area contributed by atoms with Crippen LogP contribution in [-0.4, -0.2) is 43.2 Å². The van der Waals surface area contributed by atoms with Gasteiger partial charge in [0.05, 0.1) is 0 Å². The summed E-state index contributed by atoms with van der Waals surface area (Å²) < 4.78 is 5.99. The van der Waals surface area contributed by atoms with Gasteiger partial charge in [-0.3, -0.25) is 4.90 Å². The highest BCUT2D eigenvalue weighted by molar-refractivity contribution is 5.85. The van der Waals surface area contributed by atoms with Gasteiger partial charge in [0.25, 0.3) is 0 Å². The van der Waals surface area contributed by atoms with Gasteiger partial charge in [0.1, 0.15) is 12.4 Å². The zero-order chi connectivity index (χ0) is 13.8. The van der Waals surface area contributed by atoms with E-state index in [9.17, 15) is 0 Å². The van der Waals surface area contributed by atoms with Gasteiger partial charge < -0.3 is 10.1 Å². The molecule has 1 saturated heterocycles. The molecule has 20 heavy (non-hydrogen) atoms. The average Bonchev–Trinajstić information content (AvgIpc) is 2.38. The second-order valence-electron chi connectivity index (χ2n) is 5.59. The fourth-order valence-corrected chi connectivity index (χ4v) is 2.73. The maximum absolute atomic E-state index is 5.99. The minimum atomic E-state index is 0. The molecule has 0 saturated carbocycles. The lowest BCUT2D eigenvalue weighted by atomic mass is 10.1. The molecular weight excluding hydrogens is 272 g/mol. The number of aryl methyl sites for hydroxylation is 2. The minimum absolute atomic E-state index is 0. The molecule has 1 fully saturated rings. The van der Waals surface area contributed by atoms with Gasteiger partial charge in [-0.2, -0.15) is 0 Å². The Morgan fingerprint density at radius 3 is 2.55 bits per heavy atom. The van der Waals surface area contributed by atoms with E-state index >= 15 is 0 Å². The topological polar surface area (TPSA) is 24.5 Å². The minimum Gasteiger partial charge on any atom is -0.492 e. The van der Waals surface area contributed by atoms with Crippen LogP contribution in [-0.2, 0) is 0 Å². The van der Waals surface area contributed by atoms with Crippen LogP contribution >= 0.6 is 12.4 Å². The van der Waals surface area contributed by atoms with Crippen LogP contribution in [0.25, 0.3) is 0 Å². The molecule has 0 spiro atoms. The van der Waals surface area contributed by atoms with E-state index in [0.717, 1.165) is 32.0 Å². The summed E-state index contributed by atoms with van der Waals surface area (Å²) >= 11 is 0. The Balaban J connectivity index is 0.00000200. The number of para-hydroxylation sites is 1. The van der Waals surface area contributed by atoms with Crippen molar-refractivity contribution in [2.45, 2.75) is 39.8 Å². The number of piperazine rings is 1. The maximum Gasteiger partial charge on any atom is 0.125 e. The summed E-state index contributed by atoms with van der Waals surface area (Å²) in [5.74, 6) is 1.05. The molecule has 1 heterocycles. The lowest BCUT2D eigenvalue weighted by Gasteiger charge is -2.38.